The normalized spacial score (nSPS) is 14.6. The van der Waals surface area contributed by atoms with Crippen LogP contribution in [0.1, 0.15) is 41.3 Å². The zero-order valence-electron chi connectivity index (χ0n) is 18.1. The third kappa shape index (κ3) is 3.69. The molecular weight excluding hydrogens is 414 g/mol. The molecule has 0 bridgehead atoms. The lowest BCUT2D eigenvalue weighted by atomic mass is 9.97. The molecular formula is C23H27N3O2S2. The summed E-state index contributed by atoms with van der Waals surface area (Å²) in [5.41, 5.74) is 4.18. The summed E-state index contributed by atoms with van der Waals surface area (Å²) in [6, 6.07) is 6.09. The van der Waals surface area contributed by atoms with Gasteiger partial charge in [-0.25, -0.2) is 4.98 Å². The molecule has 4 rings (SSSR count). The Bertz CT molecular complexity index is 1190. The predicted molar refractivity (Wildman–Crippen MR) is 125 cm³/mol. The SMILES string of the molecule is Cc1ccc(-n2c(SC(C)C(=O)N(C)C)nc3sc4c(c3c2=O)CCCC4)c(C)c1. The maximum Gasteiger partial charge on any atom is 0.267 e. The first kappa shape index (κ1) is 21.1. The number of aryl methyl sites for hydroxylation is 4. The minimum atomic E-state index is -0.337. The van der Waals surface area contributed by atoms with Crippen molar-refractivity contribution in [2.45, 2.75) is 56.9 Å². The van der Waals surface area contributed by atoms with Gasteiger partial charge in [0.25, 0.3) is 5.56 Å². The number of thiophene rings is 1. The smallest absolute Gasteiger partial charge is 0.267 e. The maximum absolute atomic E-state index is 13.8. The quantitative estimate of drug-likeness (QED) is 0.441. The number of aromatic nitrogens is 2. The predicted octanol–water partition coefficient (Wildman–Crippen LogP) is 4.51. The zero-order valence-corrected chi connectivity index (χ0v) is 19.7. The van der Waals surface area contributed by atoms with Gasteiger partial charge in [-0.3, -0.25) is 14.2 Å². The van der Waals surface area contributed by atoms with E-state index in [1.807, 2.05) is 32.9 Å². The first-order valence-corrected chi connectivity index (χ1v) is 12.0. The van der Waals surface area contributed by atoms with Gasteiger partial charge >= 0.3 is 0 Å². The molecule has 1 aromatic carbocycles. The van der Waals surface area contributed by atoms with Crippen LogP contribution in [0.3, 0.4) is 0 Å². The zero-order chi connectivity index (χ0) is 21.6. The Kier molecular flexibility index (Phi) is 5.77. The molecule has 1 aliphatic rings. The number of fused-ring (bicyclic) bond motifs is 3. The van der Waals surface area contributed by atoms with Gasteiger partial charge in [0.1, 0.15) is 4.83 Å². The lowest BCUT2D eigenvalue weighted by molar-refractivity contribution is -0.127. The van der Waals surface area contributed by atoms with Crippen LogP contribution >= 0.6 is 23.1 Å². The van der Waals surface area contributed by atoms with E-state index in [4.69, 9.17) is 4.98 Å². The highest BCUT2D eigenvalue weighted by Crippen LogP contribution is 2.36. The van der Waals surface area contributed by atoms with Gasteiger partial charge in [-0.05, 0) is 63.6 Å². The number of rotatable bonds is 4. The molecule has 3 aromatic rings. The van der Waals surface area contributed by atoms with Crippen molar-refractivity contribution in [2.24, 2.45) is 0 Å². The topological polar surface area (TPSA) is 55.2 Å². The Morgan fingerprint density at radius 3 is 2.67 bits per heavy atom. The van der Waals surface area contributed by atoms with E-state index in [0.29, 0.717) is 5.16 Å². The average molecular weight is 442 g/mol. The molecule has 5 nitrogen and oxygen atoms in total. The van der Waals surface area contributed by atoms with Crippen LogP contribution in [0.25, 0.3) is 15.9 Å². The Balaban J connectivity index is 1.96. The number of carbonyl (C=O) groups is 1. The van der Waals surface area contributed by atoms with E-state index in [1.54, 1.807) is 34.9 Å². The number of thioether (sulfide) groups is 1. The molecule has 7 heteroatoms. The van der Waals surface area contributed by atoms with Crippen LogP contribution in [0, 0.1) is 13.8 Å². The van der Waals surface area contributed by atoms with Gasteiger partial charge in [-0.15, -0.1) is 11.3 Å². The molecule has 0 saturated heterocycles. The molecule has 0 N–H and O–H groups in total. The van der Waals surface area contributed by atoms with E-state index >= 15 is 0 Å². The van der Waals surface area contributed by atoms with Gasteiger partial charge in [-0.2, -0.15) is 0 Å². The number of hydrogen-bond acceptors (Lipinski definition) is 5. The summed E-state index contributed by atoms with van der Waals surface area (Å²) in [7, 11) is 3.50. The second-order valence-electron chi connectivity index (χ2n) is 8.21. The summed E-state index contributed by atoms with van der Waals surface area (Å²) in [6.45, 7) is 5.93. The molecule has 0 fully saturated rings. The second kappa shape index (κ2) is 8.19. The number of hydrogen-bond donors (Lipinski definition) is 0. The van der Waals surface area contributed by atoms with Crippen LogP contribution < -0.4 is 5.56 Å². The van der Waals surface area contributed by atoms with Crippen LogP contribution in [-0.2, 0) is 17.6 Å². The summed E-state index contributed by atoms with van der Waals surface area (Å²) in [5, 5.41) is 1.02. The van der Waals surface area contributed by atoms with Crippen molar-refractivity contribution in [1.29, 1.82) is 0 Å². The third-order valence-electron chi connectivity index (χ3n) is 5.62. The van der Waals surface area contributed by atoms with Crippen LogP contribution in [0.2, 0.25) is 0 Å². The van der Waals surface area contributed by atoms with Crippen molar-refractivity contribution in [3.63, 3.8) is 0 Å². The summed E-state index contributed by atoms with van der Waals surface area (Å²) in [4.78, 5) is 35.0. The molecule has 2 aromatic heterocycles. The van der Waals surface area contributed by atoms with Crippen LogP contribution in [0.4, 0.5) is 0 Å². The molecule has 1 aliphatic carbocycles. The Morgan fingerprint density at radius 2 is 1.97 bits per heavy atom. The molecule has 1 unspecified atom stereocenters. The van der Waals surface area contributed by atoms with Gasteiger partial charge in [0.15, 0.2) is 5.16 Å². The first-order valence-electron chi connectivity index (χ1n) is 10.3. The highest BCUT2D eigenvalue weighted by atomic mass is 32.2. The maximum atomic E-state index is 13.8. The summed E-state index contributed by atoms with van der Waals surface area (Å²) in [6.07, 6.45) is 4.26. The fourth-order valence-corrected chi connectivity index (χ4v) is 6.47. The second-order valence-corrected chi connectivity index (χ2v) is 10.6. The number of nitrogens with zero attached hydrogens (tertiary/aromatic N) is 3. The molecule has 30 heavy (non-hydrogen) atoms. The molecule has 0 aliphatic heterocycles. The summed E-state index contributed by atoms with van der Waals surface area (Å²) >= 11 is 3.00. The molecule has 1 atom stereocenters. The minimum absolute atomic E-state index is 0.00648. The molecule has 158 valence electrons. The van der Waals surface area contributed by atoms with Crippen molar-refractivity contribution in [1.82, 2.24) is 14.5 Å². The largest absolute Gasteiger partial charge is 0.348 e. The number of benzene rings is 1. The fourth-order valence-electron chi connectivity index (χ4n) is 4.11. The molecule has 2 heterocycles. The van der Waals surface area contributed by atoms with Gasteiger partial charge in [0.05, 0.1) is 16.3 Å². The van der Waals surface area contributed by atoms with Crippen molar-refractivity contribution < 1.29 is 4.79 Å². The number of carbonyl (C=O) groups excluding carboxylic acids is 1. The summed E-state index contributed by atoms with van der Waals surface area (Å²) in [5.74, 6) is 0.00648. The van der Waals surface area contributed by atoms with E-state index < -0.39 is 0 Å². The molecule has 0 spiro atoms. The lowest BCUT2D eigenvalue weighted by Gasteiger charge is -2.19. The van der Waals surface area contributed by atoms with Crippen molar-refractivity contribution in [3.8, 4) is 5.69 Å². The number of amides is 1. The van der Waals surface area contributed by atoms with E-state index in [0.717, 1.165) is 46.3 Å². The van der Waals surface area contributed by atoms with Crippen LogP contribution in [0.5, 0.6) is 0 Å². The standard InChI is InChI=1S/C23H27N3O2S2/c1-13-10-11-17(14(2)12-13)26-22(28)19-16-8-6-7-9-18(16)30-20(19)24-23(26)29-15(3)21(27)25(4)5/h10-12,15H,6-9H2,1-5H3. The van der Waals surface area contributed by atoms with E-state index in [9.17, 15) is 9.59 Å². The third-order valence-corrected chi connectivity index (χ3v) is 7.85. The van der Waals surface area contributed by atoms with E-state index in [2.05, 4.69) is 6.07 Å². The fraction of sp³-hybridized carbons (Fsp3) is 0.435. The monoisotopic (exact) mass is 441 g/mol. The Hall–Kier alpha value is -2.12. The summed E-state index contributed by atoms with van der Waals surface area (Å²) < 4.78 is 1.73. The van der Waals surface area contributed by atoms with Crippen molar-refractivity contribution in [3.05, 3.63) is 50.1 Å². The molecule has 1 amide bonds. The Morgan fingerprint density at radius 1 is 1.23 bits per heavy atom. The minimum Gasteiger partial charge on any atom is -0.348 e. The highest BCUT2D eigenvalue weighted by Gasteiger charge is 2.26. The van der Waals surface area contributed by atoms with Gasteiger partial charge in [0.2, 0.25) is 5.91 Å². The highest BCUT2D eigenvalue weighted by molar-refractivity contribution is 8.00. The molecule has 0 saturated carbocycles. The average Bonchev–Trinajstić information content (AvgIpc) is 3.07. The molecule has 0 radical (unpaired) electrons. The van der Waals surface area contributed by atoms with Crippen molar-refractivity contribution in [2.75, 3.05) is 14.1 Å². The Labute approximate surface area is 185 Å². The van der Waals surface area contributed by atoms with Gasteiger partial charge in [-0.1, -0.05) is 29.5 Å². The van der Waals surface area contributed by atoms with E-state index in [1.165, 1.54) is 28.6 Å². The van der Waals surface area contributed by atoms with Crippen molar-refractivity contribution >= 4 is 39.2 Å². The van der Waals surface area contributed by atoms with Gasteiger partial charge in [0, 0.05) is 19.0 Å². The lowest BCUT2D eigenvalue weighted by Crippen LogP contribution is -2.31. The van der Waals surface area contributed by atoms with Gasteiger partial charge < -0.3 is 4.90 Å². The van der Waals surface area contributed by atoms with Crippen LogP contribution in [-0.4, -0.2) is 39.7 Å². The van der Waals surface area contributed by atoms with Crippen LogP contribution in [0.15, 0.2) is 28.2 Å². The first-order chi connectivity index (χ1) is 14.3. The van der Waals surface area contributed by atoms with E-state index in [-0.39, 0.29) is 16.7 Å².